The van der Waals surface area contributed by atoms with Gasteiger partial charge in [0.25, 0.3) is 0 Å². The molecule has 0 unspecified atom stereocenters. The fourth-order valence-corrected chi connectivity index (χ4v) is 2.93. The van der Waals surface area contributed by atoms with E-state index in [9.17, 15) is 20.2 Å². The summed E-state index contributed by atoms with van der Waals surface area (Å²) in [5.41, 5.74) is 0. The third-order valence-corrected chi connectivity index (χ3v) is 4.34. The second-order valence-corrected chi connectivity index (χ2v) is 23.9. The Morgan fingerprint density at radius 1 is 1.00 bits per heavy atom. The second kappa shape index (κ2) is 12.6. The SMILES string of the molecule is O=[N+]([O-])c1c[nH]c(Br)[s+]1.O=[N+]([O-])c1c[nH]c(Br)[s+]1.[I][Pt][I]. The molecule has 0 spiro atoms. The van der Waals surface area contributed by atoms with Gasteiger partial charge in [0, 0.05) is 31.9 Å². The summed E-state index contributed by atoms with van der Waals surface area (Å²) in [6.45, 7) is 0. The van der Waals surface area contributed by atoms with Crippen molar-refractivity contribution in [2.75, 3.05) is 0 Å². The van der Waals surface area contributed by atoms with Crippen molar-refractivity contribution < 1.29 is 21.0 Å². The van der Waals surface area contributed by atoms with Crippen LogP contribution in [0.4, 0.5) is 10.0 Å². The molecule has 0 saturated heterocycles. The van der Waals surface area contributed by atoms with Crippen LogP contribution < -0.4 is 0 Å². The Morgan fingerprint density at radius 2 is 1.29 bits per heavy atom. The van der Waals surface area contributed by atoms with Crippen LogP contribution in [-0.2, 0) is 11.2 Å². The van der Waals surface area contributed by atoms with Gasteiger partial charge in [0.2, 0.25) is 0 Å². The molecule has 0 fully saturated rings. The summed E-state index contributed by atoms with van der Waals surface area (Å²) in [6, 6.07) is 0. The third-order valence-electron chi connectivity index (χ3n) is 1.37. The predicted molar refractivity (Wildman–Crippen MR) is 103 cm³/mol. The molecule has 2 rings (SSSR count). The molecule has 15 heteroatoms. The van der Waals surface area contributed by atoms with E-state index in [0.29, 0.717) is 19.0 Å². The number of nitrogens with one attached hydrogen (secondary N) is 2. The minimum absolute atomic E-state index is 0.113. The maximum atomic E-state index is 9.99. The molecule has 0 amide bonds. The molecule has 120 valence electrons. The van der Waals surface area contributed by atoms with Gasteiger partial charge < -0.3 is 0 Å². The van der Waals surface area contributed by atoms with E-state index in [2.05, 4.69) is 80.5 Å². The van der Waals surface area contributed by atoms with Gasteiger partial charge in [-0.3, -0.25) is 30.2 Å². The Kier molecular flexibility index (Phi) is 13.3. The number of hydrogen-bond donors (Lipinski definition) is 2. The molecule has 2 heterocycles. The molecule has 2 aromatic rings. The predicted octanol–water partition coefficient (Wildman–Crippen LogP) is 5.82. The van der Waals surface area contributed by atoms with Crippen LogP contribution in [0, 0.1) is 20.2 Å². The number of hydrogen-bond acceptors (Lipinski definition) is 4. The van der Waals surface area contributed by atoms with Crippen molar-refractivity contribution in [2.24, 2.45) is 0 Å². The van der Waals surface area contributed by atoms with E-state index in [1.165, 1.54) is 12.4 Å². The van der Waals surface area contributed by atoms with Gasteiger partial charge >= 0.3 is 90.4 Å². The van der Waals surface area contributed by atoms with Crippen LogP contribution in [0.1, 0.15) is 0 Å². The van der Waals surface area contributed by atoms with Gasteiger partial charge in [-0.2, -0.15) is 0 Å². The van der Waals surface area contributed by atoms with Crippen LogP contribution in [0.5, 0.6) is 0 Å². The molecule has 0 atom stereocenters. The Morgan fingerprint density at radius 3 is 1.38 bits per heavy atom. The van der Waals surface area contributed by atoms with Crippen LogP contribution in [0.25, 0.3) is 0 Å². The second-order valence-electron chi connectivity index (χ2n) is 2.56. The molecule has 0 aliphatic carbocycles. The summed E-state index contributed by atoms with van der Waals surface area (Å²) in [6.07, 6.45) is 2.68. The van der Waals surface area contributed by atoms with Crippen molar-refractivity contribution >= 4 is 103 Å². The number of nitro groups is 2. The molecule has 2 N–H and O–H groups in total. The summed E-state index contributed by atoms with van der Waals surface area (Å²) in [7, 11) is 0. The van der Waals surface area contributed by atoms with Crippen molar-refractivity contribution in [1.29, 1.82) is 0 Å². The van der Waals surface area contributed by atoms with Crippen LogP contribution in [0.15, 0.2) is 20.2 Å². The van der Waals surface area contributed by atoms with Gasteiger partial charge in [-0.1, -0.05) is 0 Å². The minimum atomic E-state index is -0.439. The molecule has 0 aliphatic heterocycles. The van der Waals surface area contributed by atoms with E-state index < -0.39 is 9.85 Å². The first kappa shape index (κ1) is 22.2. The zero-order chi connectivity index (χ0) is 16.4. The van der Waals surface area contributed by atoms with Crippen molar-refractivity contribution in [3.05, 3.63) is 40.5 Å². The number of aromatic nitrogens is 2. The average molecular weight is 869 g/mol. The molecule has 8 nitrogen and oxygen atoms in total. The van der Waals surface area contributed by atoms with Crippen molar-refractivity contribution in [1.82, 2.24) is 9.97 Å². The molecular formula is C6H4Br2I2N4O4PtS2+2. The van der Waals surface area contributed by atoms with Crippen LogP contribution in [0.3, 0.4) is 0 Å². The zero-order valence-corrected chi connectivity index (χ0v) is 20.7. The van der Waals surface area contributed by atoms with E-state index >= 15 is 0 Å². The molecule has 21 heavy (non-hydrogen) atoms. The van der Waals surface area contributed by atoms with Crippen LogP contribution in [-0.4, -0.2) is 19.8 Å². The first-order chi connectivity index (χ1) is 9.81. The summed E-state index contributed by atoms with van der Waals surface area (Å²) >= 11 is 13.5. The first-order valence-electron chi connectivity index (χ1n) is 4.27. The zero-order valence-electron chi connectivity index (χ0n) is 9.33. The van der Waals surface area contributed by atoms with Gasteiger partial charge in [0.15, 0.2) is 0 Å². The summed E-state index contributed by atoms with van der Waals surface area (Å²) in [5, 5.41) is 20.2. The van der Waals surface area contributed by atoms with Gasteiger partial charge in [-0.15, -0.1) is 0 Å². The van der Waals surface area contributed by atoms with Crippen molar-refractivity contribution in [3.63, 3.8) is 0 Å². The Labute approximate surface area is 172 Å². The van der Waals surface area contributed by atoms with Crippen LogP contribution >= 0.6 is 93.2 Å². The van der Waals surface area contributed by atoms with E-state index in [1.807, 2.05) is 0 Å². The van der Waals surface area contributed by atoms with Gasteiger partial charge in [0.1, 0.15) is 22.2 Å². The summed E-state index contributed by atoms with van der Waals surface area (Å²) < 4.78 is 1.32. The Balaban J connectivity index is 0.000000322. The van der Waals surface area contributed by atoms with E-state index in [0.717, 1.165) is 22.7 Å². The van der Waals surface area contributed by atoms with Gasteiger partial charge in [-0.05, 0) is 0 Å². The van der Waals surface area contributed by atoms with E-state index in [-0.39, 0.29) is 10.0 Å². The van der Waals surface area contributed by atoms with E-state index in [4.69, 9.17) is 0 Å². The quantitative estimate of drug-likeness (QED) is 0.171. The fraction of sp³-hybridized carbons (Fsp3) is 0. The normalized spacial score (nSPS) is 9.14. The summed E-state index contributed by atoms with van der Waals surface area (Å²) in [5.74, 6) is 0. The number of halogens is 4. The molecule has 0 aliphatic rings. The molecule has 2 aromatic heterocycles. The Bertz CT molecular complexity index is 551. The number of thiazole rings is 2. The number of rotatable bonds is 2. The average Bonchev–Trinajstić information content (AvgIpc) is 3.00. The van der Waals surface area contributed by atoms with Gasteiger partial charge in [-0.25, -0.2) is 0 Å². The number of aromatic amines is 2. The number of nitrogens with zero attached hydrogens (tertiary/aromatic N) is 2. The molecular weight excluding hydrogens is 865 g/mol. The molecule has 0 bridgehead atoms. The fourth-order valence-electron chi connectivity index (χ4n) is 0.718. The monoisotopic (exact) mass is 867 g/mol. The summed E-state index contributed by atoms with van der Waals surface area (Å²) in [4.78, 5) is 24.4. The van der Waals surface area contributed by atoms with Crippen LogP contribution in [0.2, 0.25) is 0 Å². The molecule has 0 aromatic carbocycles. The maximum absolute atomic E-state index is 9.99. The number of H-pyrrole nitrogens is 2. The van der Waals surface area contributed by atoms with E-state index in [1.54, 1.807) is 0 Å². The third kappa shape index (κ3) is 10.5. The first-order valence-corrected chi connectivity index (χ1v) is 20.4. The molecule has 0 saturated carbocycles. The van der Waals surface area contributed by atoms with Crippen molar-refractivity contribution in [2.45, 2.75) is 0 Å². The van der Waals surface area contributed by atoms with Crippen molar-refractivity contribution in [3.8, 4) is 0 Å². The Hall–Kier alpha value is 1.17. The van der Waals surface area contributed by atoms with Gasteiger partial charge in [0.05, 0.1) is 0 Å². The molecule has 0 radical (unpaired) electrons. The topological polar surface area (TPSA) is 118 Å². The standard InChI is InChI=1S/2C3H2BrN2O2S.2HI.Pt/c2*4-3-5-1-2(9-3)6(7)8;;;/h2*1,5H;2*1H;/q2*+1;;;+2/p-2.